The van der Waals surface area contributed by atoms with Gasteiger partial charge in [-0.3, -0.25) is 4.79 Å². The molecule has 2 saturated heterocycles. The molecule has 0 aromatic rings. The molecule has 0 aromatic heterocycles. The third kappa shape index (κ3) is 2.92. The SMILES string of the molecule is CC(=O)N1C[C@@H](C)CC[C@]12O[C@H]1C[C@H]3[C@@H]4CC=C5C[C@@H](O)CC[C@]5(C)[C@H]4CC[C@]3(C)C1C2C. The molecule has 1 amide bonds. The van der Waals surface area contributed by atoms with Gasteiger partial charge in [0.25, 0.3) is 0 Å². The van der Waals surface area contributed by atoms with E-state index < -0.39 is 0 Å². The highest BCUT2D eigenvalue weighted by atomic mass is 16.5. The third-order valence-corrected chi connectivity index (χ3v) is 12.1. The average Bonchev–Trinajstić information content (AvgIpc) is 3.21. The molecule has 6 aliphatic rings. The third-order valence-electron chi connectivity index (χ3n) is 12.1. The molecular formula is C29H45NO3. The van der Waals surface area contributed by atoms with Crippen LogP contribution in [0.15, 0.2) is 11.6 Å². The molecule has 6 rings (SSSR count). The number of piperidine rings is 1. The monoisotopic (exact) mass is 455 g/mol. The second-order valence-electron chi connectivity index (χ2n) is 13.5. The Kier molecular flexibility index (Phi) is 5.01. The first-order valence-electron chi connectivity index (χ1n) is 13.9. The summed E-state index contributed by atoms with van der Waals surface area (Å²) in [5, 5.41) is 10.3. The van der Waals surface area contributed by atoms with E-state index in [1.165, 1.54) is 25.7 Å². The van der Waals surface area contributed by atoms with E-state index in [4.69, 9.17) is 4.74 Å². The molecule has 4 aliphatic carbocycles. The highest BCUT2D eigenvalue weighted by molar-refractivity contribution is 5.74. The van der Waals surface area contributed by atoms with E-state index in [1.54, 1.807) is 12.5 Å². The van der Waals surface area contributed by atoms with Gasteiger partial charge in [-0.15, -0.1) is 0 Å². The van der Waals surface area contributed by atoms with Crippen LogP contribution in [0.4, 0.5) is 0 Å². The molecule has 4 nitrogen and oxygen atoms in total. The number of likely N-dealkylation sites (tertiary alicyclic amines) is 1. The van der Waals surface area contributed by atoms with Crippen LogP contribution in [0.1, 0.15) is 92.4 Å². The van der Waals surface area contributed by atoms with E-state index >= 15 is 0 Å². The van der Waals surface area contributed by atoms with Crippen LogP contribution < -0.4 is 0 Å². The first-order chi connectivity index (χ1) is 15.6. The summed E-state index contributed by atoms with van der Waals surface area (Å²) in [6.45, 7) is 12.4. The molecule has 0 radical (unpaired) electrons. The van der Waals surface area contributed by atoms with Crippen molar-refractivity contribution in [2.75, 3.05) is 6.54 Å². The van der Waals surface area contributed by atoms with Crippen LogP contribution >= 0.6 is 0 Å². The minimum absolute atomic E-state index is 0.131. The number of aliphatic hydroxyl groups is 1. The number of aliphatic hydroxyl groups excluding tert-OH is 1. The molecule has 1 spiro atoms. The highest BCUT2D eigenvalue weighted by Gasteiger charge is 2.69. The van der Waals surface area contributed by atoms with Crippen molar-refractivity contribution < 1.29 is 14.6 Å². The van der Waals surface area contributed by atoms with Crippen molar-refractivity contribution in [1.82, 2.24) is 4.90 Å². The Morgan fingerprint density at radius 2 is 1.91 bits per heavy atom. The predicted molar refractivity (Wildman–Crippen MR) is 129 cm³/mol. The fourth-order valence-electron chi connectivity index (χ4n) is 10.5. The van der Waals surface area contributed by atoms with E-state index in [9.17, 15) is 9.90 Å². The zero-order chi connectivity index (χ0) is 23.3. The van der Waals surface area contributed by atoms with Crippen molar-refractivity contribution in [3.63, 3.8) is 0 Å². The van der Waals surface area contributed by atoms with Gasteiger partial charge in [0.1, 0.15) is 5.72 Å². The molecule has 2 heterocycles. The minimum Gasteiger partial charge on any atom is -0.393 e. The fourth-order valence-corrected chi connectivity index (χ4v) is 10.5. The molecule has 4 heteroatoms. The van der Waals surface area contributed by atoms with Crippen LogP contribution in [0.3, 0.4) is 0 Å². The Morgan fingerprint density at radius 1 is 1.12 bits per heavy atom. The molecule has 1 N–H and O–H groups in total. The number of carbonyl (C=O) groups is 1. The van der Waals surface area contributed by atoms with E-state index in [-0.39, 0.29) is 17.7 Å². The Labute approximate surface area is 200 Å². The van der Waals surface area contributed by atoms with Gasteiger partial charge < -0.3 is 14.7 Å². The number of fused-ring (bicyclic) bond motifs is 7. The van der Waals surface area contributed by atoms with Crippen LogP contribution in [-0.4, -0.2) is 40.4 Å². The lowest BCUT2D eigenvalue weighted by Gasteiger charge is -2.59. The molecule has 0 bridgehead atoms. The summed E-state index contributed by atoms with van der Waals surface area (Å²) in [6.07, 6.45) is 12.9. The molecule has 3 saturated carbocycles. The van der Waals surface area contributed by atoms with Gasteiger partial charge in [-0.1, -0.05) is 39.3 Å². The number of rotatable bonds is 0. The number of allylic oxidation sites excluding steroid dienone is 1. The Morgan fingerprint density at radius 3 is 2.67 bits per heavy atom. The molecule has 2 unspecified atom stereocenters. The molecule has 2 aliphatic heterocycles. The van der Waals surface area contributed by atoms with Crippen molar-refractivity contribution in [3.8, 4) is 0 Å². The topological polar surface area (TPSA) is 49.8 Å². The normalized spacial score (nSPS) is 55.5. The Balaban J connectivity index is 1.30. The Bertz CT molecular complexity index is 869. The van der Waals surface area contributed by atoms with Gasteiger partial charge in [0, 0.05) is 19.4 Å². The lowest BCUT2D eigenvalue weighted by Crippen LogP contribution is -2.60. The van der Waals surface area contributed by atoms with Crippen LogP contribution in [0.5, 0.6) is 0 Å². The summed E-state index contributed by atoms with van der Waals surface area (Å²) in [4.78, 5) is 14.9. The van der Waals surface area contributed by atoms with Gasteiger partial charge in [-0.25, -0.2) is 0 Å². The summed E-state index contributed by atoms with van der Waals surface area (Å²) in [6, 6.07) is 0. The molecule has 11 atom stereocenters. The summed E-state index contributed by atoms with van der Waals surface area (Å²) in [5.74, 6) is 3.95. The number of hydrogen-bond donors (Lipinski definition) is 1. The largest absolute Gasteiger partial charge is 0.393 e. The zero-order valence-corrected chi connectivity index (χ0v) is 21.5. The fraction of sp³-hybridized carbons (Fsp3) is 0.897. The van der Waals surface area contributed by atoms with Crippen LogP contribution in [0.25, 0.3) is 0 Å². The number of amides is 1. The van der Waals surface area contributed by atoms with Crippen molar-refractivity contribution in [2.24, 2.45) is 46.3 Å². The summed E-state index contributed by atoms with van der Waals surface area (Å²) in [5.41, 5.74) is 1.79. The minimum atomic E-state index is -0.371. The second kappa shape index (κ2) is 7.32. The van der Waals surface area contributed by atoms with Crippen molar-refractivity contribution in [1.29, 1.82) is 0 Å². The lowest BCUT2D eigenvalue weighted by molar-refractivity contribution is -0.200. The first kappa shape index (κ1) is 22.6. The number of nitrogens with zero attached hydrogens (tertiary/aromatic N) is 1. The maximum absolute atomic E-state index is 12.7. The van der Waals surface area contributed by atoms with Gasteiger partial charge >= 0.3 is 0 Å². The van der Waals surface area contributed by atoms with Gasteiger partial charge in [0.05, 0.1) is 12.2 Å². The zero-order valence-electron chi connectivity index (χ0n) is 21.5. The highest BCUT2D eigenvalue weighted by Crippen LogP contribution is 2.70. The van der Waals surface area contributed by atoms with Gasteiger partial charge in [-0.05, 0) is 98.2 Å². The molecule has 0 aromatic carbocycles. The van der Waals surface area contributed by atoms with E-state index in [0.717, 1.165) is 56.4 Å². The van der Waals surface area contributed by atoms with Crippen molar-refractivity contribution in [2.45, 2.75) is 110 Å². The van der Waals surface area contributed by atoms with Gasteiger partial charge in [0.2, 0.25) is 5.91 Å². The summed E-state index contributed by atoms with van der Waals surface area (Å²) >= 11 is 0. The summed E-state index contributed by atoms with van der Waals surface area (Å²) < 4.78 is 7.09. The standard InChI is InChI=1S/C29H45NO3/c1-17-8-13-29(30(16-17)19(3)31)18(2)26-25(33-29)15-24-22-7-6-20-14-21(32)9-11-27(20,4)23(22)10-12-28(24,26)5/h6,17-18,21-26,32H,7-16H2,1-5H3/t17-,18?,21-,22+,23-,24-,25-,26?,27-,28-,29+/m0/s1. The maximum Gasteiger partial charge on any atom is 0.221 e. The van der Waals surface area contributed by atoms with E-state index in [0.29, 0.717) is 34.7 Å². The van der Waals surface area contributed by atoms with Gasteiger partial charge in [0.15, 0.2) is 0 Å². The van der Waals surface area contributed by atoms with Gasteiger partial charge in [-0.2, -0.15) is 0 Å². The van der Waals surface area contributed by atoms with Crippen LogP contribution in [0.2, 0.25) is 0 Å². The van der Waals surface area contributed by atoms with E-state index in [2.05, 4.69) is 38.7 Å². The van der Waals surface area contributed by atoms with Crippen LogP contribution in [-0.2, 0) is 9.53 Å². The van der Waals surface area contributed by atoms with Crippen LogP contribution in [0, 0.1) is 46.3 Å². The molecule has 184 valence electrons. The molecule has 5 fully saturated rings. The lowest BCUT2D eigenvalue weighted by atomic mass is 9.47. The predicted octanol–water partition coefficient (Wildman–Crippen LogP) is 5.55. The molecule has 33 heavy (non-hydrogen) atoms. The maximum atomic E-state index is 12.7. The smallest absolute Gasteiger partial charge is 0.221 e. The van der Waals surface area contributed by atoms with Crippen molar-refractivity contribution in [3.05, 3.63) is 11.6 Å². The number of carbonyl (C=O) groups excluding carboxylic acids is 1. The van der Waals surface area contributed by atoms with E-state index in [1.807, 2.05) is 0 Å². The first-order valence-corrected chi connectivity index (χ1v) is 13.9. The molecular weight excluding hydrogens is 410 g/mol. The average molecular weight is 456 g/mol. The number of ether oxygens (including phenoxy) is 1. The number of hydrogen-bond acceptors (Lipinski definition) is 3. The second-order valence-corrected chi connectivity index (χ2v) is 13.5. The Hall–Kier alpha value is -0.870. The van der Waals surface area contributed by atoms with Crippen molar-refractivity contribution >= 4 is 5.91 Å². The summed E-state index contributed by atoms with van der Waals surface area (Å²) in [7, 11) is 0. The quantitative estimate of drug-likeness (QED) is 0.488.